The van der Waals surface area contributed by atoms with E-state index in [-0.39, 0.29) is 29.5 Å². The maximum Gasteiger partial charge on any atom is 0.249 e. The fraction of sp³-hybridized carbons (Fsp3) is 0.300. The molecule has 0 bridgehead atoms. The van der Waals surface area contributed by atoms with Crippen LogP contribution in [0.3, 0.4) is 0 Å². The normalized spacial score (nSPS) is 23.7. The number of likely N-dealkylation sites (tertiary alicyclic amines) is 1. The van der Waals surface area contributed by atoms with E-state index in [1.165, 1.54) is 4.31 Å². The summed E-state index contributed by atoms with van der Waals surface area (Å²) in [5.74, 6) is 0.991. The van der Waals surface area contributed by atoms with E-state index in [9.17, 15) is 8.42 Å². The van der Waals surface area contributed by atoms with Crippen molar-refractivity contribution in [1.29, 1.82) is 0 Å². The van der Waals surface area contributed by atoms with Gasteiger partial charge in [0.15, 0.2) is 0 Å². The maximum atomic E-state index is 13.5. The monoisotopic (exact) mass is 412 g/mol. The zero-order chi connectivity index (χ0) is 19.8. The number of rotatable bonds is 4. The number of sulfonamides is 1. The Morgan fingerprint density at radius 2 is 1.90 bits per heavy atom. The van der Waals surface area contributed by atoms with Gasteiger partial charge in [-0.2, -0.15) is 4.31 Å². The Bertz CT molecular complexity index is 1090. The third-order valence-corrected chi connectivity index (χ3v) is 7.16. The maximum absolute atomic E-state index is 13.5. The average molecular weight is 412 g/mol. The summed E-state index contributed by atoms with van der Waals surface area (Å²) in [6.45, 7) is 1.88. The van der Waals surface area contributed by atoms with Gasteiger partial charge in [0.05, 0.1) is 31.1 Å². The van der Waals surface area contributed by atoms with E-state index < -0.39 is 10.0 Å². The van der Waals surface area contributed by atoms with Crippen molar-refractivity contribution in [2.24, 2.45) is 0 Å². The number of nitrogens with zero attached hydrogens (tertiary/aromatic N) is 4. The minimum atomic E-state index is -3.80. The molecule has 2 aliphatic heterocycles. The van der Waals surface area contributed by atoms with Crippen LogP contribution in [-0.2, 0) is 23.1 Å². The third-order valence-electron chi connectivity index (χ3n) is 5.27. The molecule has 0 unspecified atom stereocenters. The molecule has 0 N–H and O–H groups in total. The van der Waals surface area contributed by atoms with Gasteiger partial charge < -0.3 is 9.15 Å². The second kappa shape index (κ2) is 7.25. The highest BCUT2D eigenvalue weighted by Gasteiger charge is 2.47. The third kappa shape index (κ3) is 3.41. The SMILES string of the molecule is O=S1(=O)c2cccnc2O[C@H]2CN(Cc3ccco3)C[C@H]2N1Cc1ccccn1. The van der Waals surface area contributed by atoms with Crippen LogP contribution in [0, 0.1) is 0 Å². The first kappa shape index (κ1) is 18.3. The lowest BCUT2D eigenvalue weighted by atomic mass is 10.2. The van der Waals surface area contributed by atoms with Gasteiger partial charge in [-0.15, -0.1) is 0 Å². The predicted octanol–water partition coefficient (Wildman–Crippen LogP) is 1.91. The smallest absolute Gasteiger partial charge is 0.249 e. The molecule has 150 valence electrons. The highest BCUT2D eigenvalue weighted by atomic mass is 32.2. The minimum absolute atomic E-state index is 0.0999. The molecule has 1 fully saturated rings. The molecule has 0 radical (unpaired) electrons. The van der Waals surface area contributed by atoms with Crippen molar-refractivity contribution in [3.63, 3.8) is 0 Å². The molecule has 0 spiro atoms. The highest BCUT2D eigenvalue weighted by Crippen LogP contribution is 2.35. The lowest BCUT2D eigenvalue weighted by Crippen LogP contribution is -2.46. The van der Waals surface area contributed by atoms with Crippen LogP contribution < -0.4 is 4.74 Å². The first-order valence-corrected chi connectivity index (χ1v) is 10.8. The van der Waals surface area contributed by atoms with Crippen molar-refractivity contribution in [2.45, 2.75) is 30.1 Å². The Balaban J connectivity index is 1.52. The summed E-state index contributed by atoms with van der Waals surface area (Å²) in [7, 11) is -3.80. The molecular weight excluding hydrogens is 392 g/mol. The Labute approximate surface area is 168 Å². The predicted molar refractivity (Wildman–Crippen MR) is 103 cm³/mol. The van der Waals surface area contributed by atoms with Gasteiger partial charge in [0.1, 0.15) is 16.8 Å². The van der Waals surface area contributed by atoms with Crippen LogP contribution in [0.4, 0.5) is 0 Å². The molecule has 3 aromatic heterocycles. The Morgan fingerprint density at radius 3 is 2.69 bits per heavy atom. The molecule has 0 saturated carbocycles. The van der Waals surface area contributed by atoms with Crippen LogP contribution in [0.25, 0.3) is 0 Å². The van der Waals surface area contributed by atoms with Crippen molar-refractivity contribution >= 4 is 10.0 Å². The number of furan rings is 1. The summed E-state index contributed by atoms with van der Waals surface area (Å²) < 4.78 is 40.1. The summed E-state index contributed by atoms with van der Waals surface area (Å²) in [6.07, 6.45) is 4.52. The Kier molecular flexibility index (Phi) is 4.57. The molecule has 29 heavy (non-hydrogen) atoms. The van der Waals surface area contributed by atoms with E-state index in [2.05, 4.69) is 14.9 Å². The topological polar surface area (TPSA) is 88.8 Å². The Morgan fingerprint density at radius 1 is 1.00 bits per heavy atom. The van der Waals surface area contributed by atoms with Crippen LogP contribution in [0.1, 0.15) is 11.5 Å². The number of hydrogen-bond acceptors (Lipinski definition) is 7. The Hall–Kier alpha value is -2.75. The van der Waals surface area contributed by atoms with Crippen LogP contribution in [0.15, 0.2) is 70.4 Å². The van der Waals surface area contributed by atoms with E-state index in [0.717, 1.165) is 5.76 Å². The molecule has 9 heteroatoms. The zero-order valence-electron chi connectivity index (χ0n) is 15.6. The molecule has 0 amide bonds. The molecular formula is C20H20N4O4S. The van der Waals surface area contributed by atoms with E-state index in [4.69, 9.17) is 9.15 Å². The number of ether oxygens (including phenoxy) is 1. The van der Waals surface area contributed by atoms with Crippen LogP contribution in [-0.4, -0.2) is 52.8 Å². The highest BCUT2D eigenvalue weighted by molar-refractivity contribution is 7.89. The van der Waals surface area contributed by atoms with Gasteiger partial charge in [0, 0.05) is 25.5 Å². The number of aromatic nitrogens is 2. The van der Waals surface area contributed by atoms with Crippen molar-refractivity contribution in [3.8, 4) is 5.88 Å². The van der Waals surface area contributed by atoms with E-state index >= 15 is 0 Å². The number of pyridine rings is 2. The summed E-state index contributed by atoms with van der Waals surface area (Å²) >= 11 is 0. The van der Waals surface area contributed by atoms with Gasteiger partial charge in [-0.25, -0.2) is 13.4 Å². The van der Waals surface area contributed by atoms with Crippen molar-refractivity contribution in [3.05, 3.63) is 72.6 Å². The second-order valence-electron chi connectivity index (χ2n) is 7.18. The number of hydrogen-bond donors (Lipinski definition) is 0. The van der Waals surface area contributed by atoms with Crippen LogP contribution in [0.5, 0.6) is 5.88 Å². The molecule has 0 aromatic carbocycles. The van der Waals surface area contributed by atoms with E-state index in [1.54, 1.807) is 30.8 Å². The minimum Gasteiger partial charge on any atom is -0.470 e. The number of fused-ring (bicyclic) bond motifs is 2. The fourth-order valence-electron chi connectivity index (χ4n) is 3.94. The van der Waals surface area contributed by atoms with Gasteiger partial charge in [-0.3, -0.25) is 9.88 Å². The molecule has 0 aliphatic carbocycles. The second-order valence-corrected chi connectivity index (χ2v) is 9.03. The van der Waals surface area contributed by atoms with Crippen LogP contribution in [0.2, 0.25) is 0 Å². The summed E-state index contributed by atoms with van der Waals surface area (Å²) in [5.41, 5.74) is 0.687. The first-order chi connectivity index (χ1) is 14.1. The van der Waals surface area contributed by atoms with Crippen LogP contribution >= 0.6 is 0 Å². The van der Waals surface area contributed by atoms with Crippen molar-refractivity contribution in [2.75, 3.05) is 13.1 Å². The molecule has 8 nitrogen and oxygen atoms in total. The molecule has 5 heterocycles. The van der Waals surface area contributed by atoms with Gasteiger partial charge in [-0.05, 0) is 36.4 Å². The van der Waals surface area contributed by atoms with Gasteiger partial charge in [-0.1, -0.05) is 6.07 Å². The van der Waals surface area contributed by atoms with Gasteiger partial charge in [0.25, 0.3) is 0 Å². The van der Waals surface area contributed by atoms with Gasteiger partial charge in [0.2, 0.25) is 15.9 Å². The lowest BCUT2D eigenvalue weighted by Gasteiger charge is -2.27. The molecule has 1 saturated heterocycles. The molecule has 3 aromatic rings. The summed E-state index contributed by atoms with van der Waals surface area (Å²) in [6, 6.07) is 12.1. The van der Waals surface area contributed by atoms with Crippen molar-refractivity contribution < 1.29 is 17.6 Å². The van der Waals surface area contributed by atoms with E-state index in [0.29, 0.717) is 25.3 Å². The average Bonchev–Trinajstić information content (AvgIpc) is 3.36. The van der Waals surface area contributed by atoms with Crippen molar-refractivity contribution in [1.82, 2.24) is 19.2 Å². The molecule has 5 rings (SSSR count). The lowest BCUT2D eigenvalue weighted by molar-refractivity contribution is 0.143. The fourth-order valence-corrected chi connectivity index (χ4v) is 5.63. The zero-order valence-corrected chi connectivity index (χ0v) is 16.4. The molecule has 2 aliphatic rings. The van der Waals surface area contributed by atoms with Gasteiger partial charge >= 0.3 is 0 Å². The first-order valence-electron chi connectivity index (χ1n) is 9.39. The summed E-state index contributed by atoms with van der Waals surface area (Å²) in [4.78, 5) is 10.8. The largest absolute Gasteiger partial charge is 0.470 e. The molecule has 2 atom stereocenters. The summed E-state index contributed by atoms with van der Waals surface area (Å²) in [5, 5.41) is 0. The standard InChI is InChI=1S/C20H20N4O4S/c25-29(26)19-7-3-9-22-20(19)28-18-14-23(12-16-6-4-10-27-16)13-17(18)24(29)11-15-5-1-2-8-21-15/h1-10,17-18H,11-14H2/t17-,18+/m1/s1. The van der Waals surface area contributed by atoms with E-state index in [1.807, 2.05) is 30.3 Å². The quantitative estimate of drug-likeness (QED) is 0.647.